The fourth-order valence-corrected chi connectivity index (χ4v) is 2.95. The van der Waals surface area contributed by atoms with Crippen molar-refractivity contribution < 1.29 is 4.79 Å². The SMILES string of the molecule is N#C/C(C(=O)Nc1ccccc1)=C1/Nc2ccccc2S1. The highest BCUT2D eigenvalue weighted by Crippen LogP contribution is 2.41. The first-order chi connectivity index (χ1) is 10.3. The highest BCUT2D eigenvalue weighted by Gasteiger charge is 2.23. The monoisotopic (exact) mass is 293 g/mol. The minimum absolute atomic E-state index is 0.0834. The Kier molecular flexibility index (Phi) is 3.63. The van der Waals surface area contributed by atoms with Crippen molar-refractivity contribution in [2.24, 2.45) is 0 Å². The van der Waals surface area contributed by atoms with Crippen LogP contribution >= 0.6 is 11.8 Å². The molecule has 0 saturated heterocycles. The first kappa shape index (κ1) is 13.3. The zero-order valence-electron chi connectivity index (χ0n) is 11.0. The standard InChI is InChI=1S/C16H11N3OS/c17-10-12(15(20)18-11-6-2-1-3-7-11)16-19-13-8-4-5-9-14(13)21-16/h1-9,19H,(H,18,20)/b16-12+. The third-order valence-corrected chi connectivity index (χ3v) is 4.03. The Hall–Kier alpha value is -2.71. The van der Waals surface area contributed by atoms with Crippen LogP contribution in [-0.2, 0) is 4.79 Å². The molecule has 1 amide bonds. The Morgan fingerprint density at radius 3 is 2.52 bits per heavy atom. The van der Waals surface area contributed by atoms with E-state index in [0.29, 0.717) is 10.7 Å². The van der Waals surface area contributed by atoms with E-state index in [4.69, 9.17) is 0 Å². The quantitative estimate of drug-likeness (QED) is 0.656. The summed E-state index contributed by atoms with van der Waals surface area (Å²) in [6, 6.07) is 18.8. The maximum atomic E-state index is 12.2. The van der Waals surface area contributed by atoms with Crippen molar-refractivity contribution in [3.63, 3.8) is 0 Å². The molecular weight excluding hydrogens is 282 g/mol. The molecule has 1 heterocycles. The maximum absolute atomic E-state index is 12.2. The first-order valence-electron chi connectivity index (χ1n) is 6.32. The van der Waals surface area contributed by atoms with Gasteiger partial charge in [-0.15, -0.1) is 0 Å². The fraction of sp³-hybridized carbons (Fsp3) is 0. The lowest BCUT2D eigenvalue weighted by Gasteiger charge is -2.06. The number of hydrogen-bond acceptors (Lipinski definition) is 4. The van der Waals surface area contributed by atoms with Gasteiger partial charge in [0.2, 0.25) is 0 Å². The number of carbonyl (C=O) groups excluding carboxylic acids is 1. The lowest BCUT2D eigenvalue weighted by molar-refractivity contribution is -0.112. The molecule has 0 saturated carbocycles. The number of rotatable bonds is 2. The number of nitriles is 1. The fourth-order valence-electron chi connectivity index (χ4n) is 1.95. The number of benzene rings is 2. The van der Waals surface area contributed by atoms with Crippen LogP contribution in [0.3, 0.4) is 0 Å². The highest BCUT2D eigenvalue weighted by molar-refractivity contribution is 8.03. The summed E-state index contributed by atoms with van der Waals surface area (Å²) in [5.41, 5.74) is 1.66. The molecule has 1 aliphatic rings. The van der Waals surface area contributed by atoms with Crippen LogP contribution in [0.15, 0.2) is 70.1 Å². The summed E-state index contributed by atoms with van der Waals surface area (Å²) < 4.78 is 0. The van der Waals surface area contributed by atoms with Crippen molar-refractivity contribution in [1.82, 2.24) is 0 Å². The molecule has 0 fully saturated rings. The van der Waals surface area contributed by atoms with Gasteiger partial charge in [-0.25, -0.2) is 0 Å². The van der Waals surface area contributed by atoms with Gasteiger partial charge < -0.3 is 10.6 Å². The van der Waals surface area contributed by atoms with Crippen molar-refractivity contribution in [2.75, 3.05) is 10.6 Å². The summed E-state index contributed by atoms with van der Waals surface area (Å²) >= 11 is 1.39. The molecule has 0 spiro atoms. The Morgan fingerprint density at radius 2 is 1.81 bits per heavy atom. The summed E-state index contributed by atoms with van der Waals surface area (Å²) in [5, 5.41) is 15.7. The van der Waals surface area contributed by atoms with Gasteiger partial charge in [-0.2, -0.15) is 5.26 Å². The molecule has 5 heteroatoms. The molecule has 4 nitrogen and oxygen atoms in total. The number of para-hydroxylation sites is 2. The van der Waals surface area contributed by atoms with Gasteiger partial charge in [0, 0.05) is 10.6 Å². The third-order valence-electron chi connectivity index (χ3n) is 2.94. The van der Waals surface area contributed by atoms with E-state index in [1.165, 1.54) is 11.8 Å². The van der Waals surface area contributed by atoms with Crippen molar-refractivity contribution >= 4 is 29.0 Å². The molecule has 2 aromatic carbocycles. The Balaban J connectivity index is 1.85. The molecule has 2 aromatic rings. The van der Waals surface area contributed by atoms with Gasteiger partial charge in [0.1, 0.15) is 16.7 Å². The summed E-state index contributed by atoms with van der Waals surface area (Å²) in [7, 11) is 0. The molecule has 3 rings (SSSR count). The zero-order valence-corrected chi connectivity index (χ0v) is 11.8. The molecule has 1 aliphatic heterocycles. The number of thioether (sulfide) groups is 1. The number of carbonyl (C=O) groups is 1. The maximum Gasteiger partial charge on any atom is 0.269 e. The summed E-state index contributed by atoms with van der Waals surface area (Å²) in [5.74, 6) is -0.411. The van der Waals surface area contributed by atoms with Gasteiger partial charge in [0.15, 0.2) is 0 Å². The van der Waals surface area contributed by atoms with Crippen LogP contribution in [-0.4, -0.2) is 5.91 Å². The minimum atomic E-state index is -0.411. The molecule has 2 N–H and O–H groups in total. The van der Waals surface area contributed by atoms with Crippen molar-refractivity contribution in [1.29, 1.82) is 5.26 Å². The van der Waals surface area contributed by atoms with Crippen LogP contribution in [0, 0.1) is 11.3 Å². The Labute approximate surface area is 126 Å². The van der Waals surface area contributed by atoms with Crippen LogP contribution in [0.25, 0.3) is 0 Å². The lowest BCUT2D eigenvalue weighted by Crippen LogP contribution is -2.15. The van der Waals surface area contributed by atoms with Crippen LogP contribution < -0.4 is 10.6 Å². The van der Waals surface area contributed by atoms with E-state index in [2.05, 4.69) is 10.6 Å². The summed E-state index contributed by atoms with van der Waals surface area (Å²) in [6.45, 7) is 0. The van der Waals surface area contributed by atoms with Gasteiger partial charge in [-0.05, 0) is 24.3 Å². The van der Waals surface area contributed by atoms with E-state index < -0.39 is 5.91 Å². The topological polar surface area (TPSA) is 64.9 Å². The van der Waals surface area contributed by atoms with E-state index in [0.717, 1.165) is 10.6 Å². The number of anilines is 2. The van der Waals surface area contributed by atoms with Gasteiger partial charge in [0.25, 0.3) is 5.91 Å². The van der Waals surface area contributed by atoms with Gasteiger partial charge in [-0.3, -0.25) is 4.79 Å². The molecule has 102 valence electrons. The van der Waals surface area contributed by atoms with Gasteiger partial charge in [-0.1, -0.05) is 42.1 Å². The predicted octanol–water partition coefficient (Wildman–Crippen LogP) is 3.58. The van der Waals surface area contributed by atoms with E-state index in [1.54, 1.807) is 12.1 Å². The van der Waals surface area contributed by atoms with Crippen molar-refractivity contribution in [3.8, 4) is 6.07 Å². The van der Waals surface area contributed by atoms with Crippen LogP contribution in [0.5, 0.6) is 0 Å². The summed E-state index contributed by atoms with van der Waals surface area (Å²) in [4.78, 5) is 13.2. The van der Waals surface area contributed by atoms with Crippen LogP contribution in [0.1, 0.15) is 0 Å². The van der Waals surface area contributed by atoms with E-state index in [1.807, 2.05) is 48.5 Å². The molecule has 0 unspecified atom stereocenters. The largest absolute Gasteiger partial charge is 0.348 e. The molecule has 0 bridgehead atoms. The minimum Gasteiger partial charge on any atom is -0.348 e. The normalized spacial score (nSPS) is 14.6. The van der Waals surface area contributed by atoms with Gasteiger partial charge in [0.05, 0.1) is 5.69 Å². The van der Waals surface area contributed by atoms with E-state index >= 15 is 0 Å². The van der Waals surface area contributed by atoms with E-state index in [9.17, 15) is 10.1 Å². The summed E-state index contributed by atoms with van der Waals surface area (Å²) in [6.07, 6.45) is 0. The van der Waals surface area contributed by atoms with Crippen LogP contribution in [0.2, 0.25) is 0 Å². The number of nitrogens with zero attached hydrogens (tertiary/aromatic N) is 1. The molecule has 0 atom stereocenters. The number of amides is 1. The van der Waals surface area contributed by atoms with Crippen molar-refractivity contribution in [3.05, 3.63) is 65.2 Å². The second kappa shape index (κ2) is 5.73. The number of fused-ring (bicyclic) bond motifs is 1. The average molecular weight is 293 g/mol. The number of hydrogen-bond donors (Lipinski definition) is 2. The van der Waals surface area contributed by atoms with Crippen LogP contribution in [0.4, 0.5) is 11.4 Å². The third kappa shape index (κ3) is 2.76. The number of nitrogens with one attached hydrogen (secondary N) is 2. The van der Waals surface area contributed by atoms with E-state index in [-0.39, 0.29) is 5.57 Å². The first-order valence-corrected chi connectivity index (χ1v) is 7.14. The molecule has 0 radical (unpaired) electrons. The second-order valence-electron chi connectivity index (χ2n) is 4.36. The predicted molar refractivity (Wildman–Crippen MR) is 83.6 cm³/mol. The smallest absolute Gasteiger partial charge is 0.269 e. The molecule has 21 heavy (non-hydrogen) atoms. The molecule has 0 aromatic heterocycles. The molecular formula is C16H11N3OS. The van der Waals surface area contributed by atoms with Gasteiger partial charge >= 0.3 is 0 Å². The Bertz CT molecular complexity index is 736. The average Bonchev–Trinajstić information content (AvgIpc) is 2.92. The zero-order chi connectivity index (χ0) is 14.7. The highest BCUT2D eigenvalue weighted by atomic mass is 32.2. The Morgan fingerprint density at radius 1 is 1.10 bits per heavy atom. The van der Waals surface area contributed by atoms with Crippen molar-refractivity contribution in [2.45, 2.75) is 4.90 Å². The second-order valence-corrected chi connectivity index (χ2v) is 5.41. The molecule has 0 aliphatic carbocycles. The lowest BCUT2D eigenvalue weighted by atomic mass is 10.2.